The molecule has 0 spiro atoms. The average molecular weight is 939 g/mol. The van der Waals surface area contributed by atoms with Gasteiger partial charge < -0.3 is 15.1 Å². The van der Waals surface area contributed by atoms with Crippen molar-refractivity contribution in [2.75, 3.05) is 10.6 Å². The van der Waals surface area contributed by atoms with Gasteiger partial charge in [0.25, 0.3) is 11.8 Å². The van der Waals surface area contributed by atoms with Crippen LogP contribution in [0, 0.1) is 38.4 Å². The van der Waals surface area contributed by atoms with Crippen molar-refractivity contribution in [3.8, 4) is 0 Å². The van der Waals surface area contributed by atoms with Gasteiger partial charge in [-0.25, -0.2) is 24.1 Å². The molecule has 0 radical (unpaired) electrons. The molecule has 1 fully saturated rings. The predicted molar refractivity (Wildman–Crippen MR) is 209 cm³/mol. The number of nitrogens with one attached hydrogen (secondary N) is 4. The largest absolute Gasteiger partial charge is 0.472 e. The molecule has 9 nitrogen and oxygen atoms in total. The van der Waals surface area contributed by atoms with E-state index in [0.29, 0.717) is 22.5 Å². The van der Waals surface area contributed by atoms with E-state index in [9.17, 15) is 22.8 Å². The molecule has 14 heteroatoms. The highest BCUT2D eigenvalue weighted by Crippen LogP contribution is 2.30. The van der Waals surface area contributed by atoms with Crippen LogP contribution >= 0.6 is 45.2 Å². The minimum Gasteiger partial charge on any atom is -0.472 e. The molecular formula is C38H35F3I2N4O5. The van der Waals surface area contributed by atoms with Crippen molar-refractivity contribution in [3.63, 3.8) is 0 Å². The van der Waals surface area contributed by atoms with Crippen LogP contribution < -0.4 is 21.6 Å². The summed E-state index contributed by atoms with van der Waals surface area (Å²) in [5.74, 6) is -3.69. The van der Waals surface area contributed by atoms with E-state index in [1.54, 1.807) is 12.1 Å². The first-order valence-corrected chi connectivity index (χ1v) is 18.4. The Morgan fingerprint density at radius 3 is 2.04 bits per heavy atom. The Morgan fingerprint density at radius 1 is 0.769 bits per heavy atom. The molecule has 0 saturated heterocycles. The molecule has 1 saturated carbocycles. The van der Waals surface area contributed by atoms with Crippen molar-refractivity contribution in [1.29, 1.82) is 0 Å². The van der Waals surface area contributed by atoms with E-state index >= 15 is 0 Å². The third kappa shape index (κ3) is 10.7. The number of benzene rings is 4. The molecule has 1 aromatic heterocycles. The van der Waals surface area contributed by atoms with Crippen molar-refractivity contribution in [1.82, 2.24) is 11.0 Å². The number of anilines is 4. The van der Waals surface area contributed by atoms with Gasteiger partial charge in [-0.1, -0.05) is 12.8 Å². The number of hydrogen-bond acceptors (Lipinski definition) is 7. The van der Waals surface area contributed by atoms with Gasteiger partial charge in [0, 0.05) is 24.1 Å². The third-order valence-corrected chi connectivity index (χ3v) is 9.42. The second kappa shape index (κ2) is 18.6. The summed E-state index contributed by atoms with van der Waals surface area (Å²) in [5, 5.41) is 5.97. The minimum absolute atomic E-state index is 0.0688. The number of carbonyl (C=O) groups is 2. The molecule has 0 unspecified atom stereocenters. The van der Waals surface area contributed by atoms with Gasteiger partial charge in [-0.05, 0) is 156 Å². The van der Waals surface area contributed by atoms with Crippen molar-refractivity contribution in [2.24, 2.45) is 0 Å². The maximum absolute atomic E-state index is 14.4. The number of furan rings is 1. The second-order valence-electron chi connectivity index (χ2n) is 11.9. The Hall–Kier alpha value is -4.13. The predicted octanol–water partition coefficient (Wildman–Crippen LogP) is 10.2. The normalized spacial score (nSPS) is 12.5. The van der Waals surface area contributed by atoms with Crippen LogP contribution in [-0.2, 0) is 16.3 Å². The fourth-order valence-corrected chi connectivity index (χ4v) is 6.60. The quantitative estimate of drug-likeness (QED) is 0.0771. The molecule has 1 heterocycles. The SMILES string of the molecule is Cc1cc(I)ccc1Nc1c(C(=O)NOCc2ccoc2)ccc(F)c1F.Cc1cc(I)ccc1Nc1cc(F)ccc1C(=O)NOC1CCCC1. The van der Waals surface area contributed by atoms with Crippen LogP contribution in [0.5, 0.6) is 0 Å². The molecular weight excluding hydrogens is 903 g/mol. The first-order valence-electron chi connectivity index (χ1n) is 16.2. The fourth-order valence-electron chi connectivity index (χ4n) is 5.31. The summed E-state index contributed by atoms with van der Waals surface area (Å²) >= 11 is 4.39. The van der Waals surface area contributed by atoms with E-state index in [4.69, 9.17) is 14.1 Å². The van der Waals surface area contributed by atoms with Gasteiger partial charge in [0.1, 0.15) is 12.4 Å². The van der Waals surface area contributed by atoms with Crippen LogP contribution in [0.4, 0.5) is 35.9 Å². The zero-order valence-electron chi connectivity index (χ0n) is 28.1. The summed E-state index contributed by atoms with van der Waals surface area (Å²) in [6.45, 7) is 3.87. The molecule has 5 aromatic rings. The first kappa shape index (κ1) is 39.1. The summed E-state index contributed by atoms with van der Waals surface area (Å²) in [4.78, 5) is 35.4. The molecule has 2 amide bonds. The smallest absolute Gasteiger partial charge is 0.277 e. The van der Waals surface area contributed by atoms with E-state index in [-0.39, 0.29) is 29.9 Å². The topological polar surface area (TPSA) is 114 Å². The van der Waals surface area contributed by atoms with Crippen LogP contribution in [0.2, 0.25) is 0 Å². The van der Waals surface area contributed by atoms with Gasteiger partial charge in [0.05, 0.1) is 41.1 Å². The van der Waals surface area contributed by atoms with Gasteiger partial charge in [-0.3, -0.25) is 19.3 Å². The van der Waals surface area contributed by atoms with Crippen molar-refractivity contribution in [3.05, 3.63) is 138 Å². The maximum atomic E-state index is 14.4. The third-order valence-electron chi connectivity index (χ3n) is 8.08. The Kier molecular flexibility index (Phi) is 14.0. The number of hydroxylamine groups is 2. The summed E-state index contributed by atoms with van der Waals surface area (Å²) in [6.07, 6.45) is 7.16. The standard InChI is InChI=1S/C19H15F2IN2O3.C19H20FIN2O2/c1-11-8-13(22)2-5-16(11)23-18-14(3-4-15(20)17(18)21)19(25)24-27-10-12-6-7-26-9-12;1-12-10-14(21)7-9-17(12)22-18-11-13(20)6-8-16(18)19(24)23-25-15-4-2-3-5-15/h2-9,23H,10H2,1H3,(H,24,25);6-11,15,22H,2-5H2,1H3,(H,23,24). The second-order valence-corrected chi connectivity index (χ2v) is 14.4. The highest BCUT2D eigenvalue weighted by Gasteiger charge is 2.21. The molecule has 272 valence electrons. The highest BCUT2D eigenvalue weighted by molar-refractivity contribution is 14.1. The minimum atomic E-state index is -1.14. The van der Waals surface area contributed by atoms with Crippen molar-refractivity contribution >= 4 is 79.7 Å². The lowest BCUT2D eigenvalue weighted by atomic mass is 10.1. The van der Waals surface area contributed by atoms with Gasteiger partial charge in [0.15, 0.2) is 11.6 Å². The molecule has 4 N–H and O–H groups in total. The number of rotatable bonds is 11. The monoisotopic (exact) mass is 938 g/mol. The van der Waals surface area contributed by atoms with Crippen LogP contribution in [0.15, 0.2) is 89.7 Å². The summed E-state index contributed by atoms with van der Waals surface area (Å²) in [5.41, 5.74) is 9.10. The first-order chi connectivity index (χ1) is 25.0. The molecule has 1 aliphatic rings. The van der Waals surface area contributed by atoms with Gasteiger partial charge in [0.2, 0.25) is 0 Å². The van der Waals surface area contributed by atoms with Gasteiger partial charge in [-0.15, -0.1) is 0 Å². The van der Waals surface area contributed by atoms with Crippen LogP contribution in [0.3, 0.4) is 0 Å². The van der Waals surface area contributed by atoms with E-state index in [0.717, 1.165) is 55.7 Å². The average Bonchev–Trinajstić information content (AvgIpc) is 3.84. The summed E-state index contributed by atoms with van der Waals surface area (Å²) in [7, 11) is 0. The molecule has 0 bridgehead atoms. The van der Waals surface area contributed by atoms with Gasteiger partial charge >= 0.3 is 0 Å². The zero-order chi connectivity index (χ0) is 37.2. The van der Waals surface area contributed by atoms with Gasteiger partial charge in [-0.2, -0.15) is 0 Å². The molecule has 52 heavy (non-hydrogen) atoms. The number of amides is 2. The lowest BCUT2D eigenvalue weighted by molar-refractivity contribution is -0.0124. The molecule has 1 aliphatic carbocycles. The van der Waals surface area contributed by atoms with E-state index < -0.39 is 23.4 Å². The number of hydrogen-bond donors (Lipinski definition) is 4. The Morgan fingerprint density at radius 2 is 1.40 bits per heavy atom. The van der Waals surface area contributed by atoms with Crippen LogP contribution in [-0.4, -0.2) is 17.9 Å². The molecule has 4 aromatic carbocycles. The van der Waals surface area contributed by atoms with Crippen molar-refractivity contribution in [2.45, 2.75) is 52.2 Å². The lowest BCUT2D eigenvalue weighted by Gasteiger charge is -2.16. The number of carbonyl (C=O) groups excluding carboxylic acids is 2. The maximum Gasteiger partial charge on any atom is 0.277 e. The lowest BCUT2D eigenvalue weighted by Crippen LogP contribution is -2.28. The zero-order valence-corrected chi connectivity index (χ0v) is 32.4. The summed E-state index contributed by atoms with van der Waals surface area (Å²) in [6, 6.07) is 19.2. The summed E-state index contributed by atoms with van der Waals surface area (Å²) < 4.78 is 48.8. The molecule has 0 atom stereocenters. The van der Waals surface area contributed by atoms with E-state index in [1.165, 1.54) is 36.8 Å². The van der Waals surface area contributed by atoms with Crippen LogP contribution in [0.1, 0.15) is 63.1 Å². The fraction of sp³-hybridized carbons (Fsp3) is 0.211. The highest BCUT2D eigenvalue weighted by atomic mass is 127. The molecule has 6 rings (SSSR count). The number of aryl methyl sites for hydroxylation is 2. The number of halogens is 5. The van der Waals surface area contributed by atoms with E-state index in [1.807, 2.05) is 44.2 Å². The Labute approximate surface area is 326 Å². The van der Waals surface area contributed by atoms with Crippen LogP contribution in [0.25, 0.3) is 0 Å². The molecule has 0 aliphatic heterocycles. The van der Waals surface area contributed by atoms with E-state index in [2.05, 4.69) is 66.8 Å². The Bertz CT molecular complexity index is 2020. The van der Waals surface area contributed by atoms with Crippen molar-refractivity contribution < 1.29 is 36.9 Å². The Balaban J connectivity index is 0.000000202.